The zero-order valence-electron chi connectivity index (χ0n) is 9.41. The summed E-state index contributed by atoms with van der Waals surface area (Å²) in [6.45, 7) is 4.98. The van der Waals surface area contributed by atoms with E-state index in [4.69, 9.17) is 5.26 Å². The van der Waals surface area contributed by atoms with Crippen LogP contribution in [-0.2, 0) is 4.79 Å². The lowest BCUT2D eigenvalue weighted by atomic mass is 10.0. The van der Waals surface area contributed by atoms with Crippen molar-refractivity contribution in [2.75, 3.05) is 26.2 Å². The Labute approximate surface area is 93.4 Å². The highest BCUT2D eigenvalue weighted by atomic mass is 19.3. The van der Waals surface area contributed by atoms with Gasteiger partial charge in [0.1, 0.15) is 5.54 Å². The molecule has 1 amide bonds. The summed E-state index contributed by atoms with van der Waals surface area (Å²) in [5.74, 6) is -1.12. The van der Waals surface area contributed by atoms with E-state index in [1.165, 1.54) is 0 Å². The Hall–Kier alpha value is -1.22. The van der Waals surface area contributed by atoms with Gasteiger partial charge in [0.15, 0.2) is 0 Å². The van der Waals surface area contributed by atoms with E-state index in [-0.39, 0.29) is 13.1 Å². The van der Waals surface area contributed by atoms with Gasteiger partial charge in [0.25, 0.3) is 5.91 Å². The van der Waals surface area contributed by atoms with Crippen molar-refractivity contribution in [1.82, 2.24) is 9.80 Å². The molecule has 0 aliphatic carbocycles. The SMILES string of the molecule is CC(C)(C#N)N1CCN(C(=O)C(F)F)CC1. The predicted octanol–water partition coefficient (Wildman–Crippen LogP) is 0.698. The van der Waals surface area contributed by atoms with Gasteiger partial charge in [-0.05, 0) is 13.8 Å². The first-order valence-corrected chi connectivity index (χ1v) is 5.11. The summed E-state index contributed by atoms with van der Waals surface area (Å²) in [5, 5.41) is 8.92. The van der Waals surface area contributed by atoms with Gasteiger partial charge in [-0.3, -0.25) is 9.69 Å². The number of halogens is 2. The van der Waals surface area contributed by atoms with Crippen molar-refractivity contribution in [3.63, 3.8) is 0 Å². The van der Waals surface area contributed by atoms with Crippen LogP contribution in [0.1, 0.15) is 13.8 Å². The van der Waals surface area contributed by atoms with E-state index in [1.807, 2.05) is 4.90 Å². The average molecular weight is 231 g/mol. The van der Waals surface area contributed by atoms with Crippen LogP contribution in [0.2, 0.25) is 0 Å². The second-order valence-corrected chi connectivity index (χ2v) is 4.28. The summed E-state index contributed by atoms with van der Waals surface area (Å²) in [6.07, 6.45) is -2.93. The van der Waals surface area contributed by atoms with E-state index in [0.29, 0.717) is 13.1 Å². The molecule has 16 heavy (non-hydrogen) atoms. The Balaban J connectivity index is 2.53. The predicted molar refractivity (Wildman–Crippen MR) is 53.8 cm³/mol. The zero-order chi connectivity index (χ0) is 12.3. The van der Waals surface area contributed by atoms with Gasteiger partial charge in [0, 0.05) is 26.2 Å². The summed E-state index contributed by atoms with van der Waals surface area (Å²) in [5.41, 5.74) is -0.611. The fourth-order valence-corrected chi connectivity index (χ4v) is 1.69. The van der Waals surface area contributed by atoms with Crippen LogP contribution >= 0.6 is 0 Å². The molecular formula is C10H15F2N3O. The third-order valence-corrected chi connectivity index (χ3v) is 2.84. The number of nitrogens with zero attached hydrogens (tertiary/aromatic N) is 3. The first kappa shape index (κ1) is 12.8. The zero-order valence-corrected chi connectivity index (χ0v) is 9.41. The molecule has 0 bridgehead atoms. The van der Waals surface area contributed by atoms with E-state index in [0.717, 1.165) is 4.90 Å². The van der Waals surface area contributed by atoms with E-state index in [2.05, 4.69) is 6.07 Å². The molecule has 0 unspecified atom stereocenters. The lowest BCUT2D eigenvalue weighted by Gasteiger charge is -2.40. The third-order valence-electron chi connectivity index (χ3n) is 2.84. The summed E-state index contributed by atoms with van der Waals surface area (Å²) in [4.78, 5) is 14.1. The molecule has 0 radical (unpaired) electrons. The van der Waals surface area contributed by atoms with E-state index in [1.54, 1.807) is 13.8 Å². The van der Waals surface area contributed by atoms with Crippen LogP contribution in [0.4, 0.5) is 8.78 Å². The molecule has 6 heteroatoms. The Morgan fingerprint density at radius 2 is 1.81 bits per heavy atom. The largest absolute Gasteiger partial charge is 0.335 e. The minimum Gasteiger partial charge on any atom is -0.335 e. The van der Waals surface area contributed by atoms with Gasteiger partial charge in [-0.2, -0.15) is 14.0 Å². The first-order chi connectivity index (χ1) is 7.38. The van der Waals surface area contributed by atoms with Gasteiger partial charge < -0.3 is 4.90 Å². The summed E-state index contributed by atoms with van der Waals surface area (Å²) in [6, 6.07) is 2.15. The van der Waals surface area contributed by atoms with Crippen molar-refractivity contribution >= 4 is 5.91 Å². The quantitative estimate of drug-likeness (QED) is 0.702. The monoisotopic (exact) mass is 231 g/mol. The van der Waals surface area contributed by atoms with Crippen LogP contribution in [0.15, 0.2) is 0 Å². The van der Waals surface area contributed by atoms with Gasteiger partial charge in [-0.25, -0.2) is 0 Å². The van der Waals surface area contributed by atoms with Crippen LogP contribution in [0.25, 0.3) is 0 Å². The van der Waals surface area contributed by atoms with Crippen molar-refractivity contribution in [2.24, 2.45) is 0 Å². The standard InChI is InChI=1S/C10H15F2N3O/c1-10(2,7-13)15-5-3-14(4-6-15)9(16)8(11)12/h8H,3-6H2,1-2H3. The maximum atomic E-state index is 12.2. The van der Waals surface area contributed by atoms with Crippen LogP contribution in [0.5, 0.6) is 0 Å². The second kappa shape index (κ2) is 4.74. The molecule has 1 saturated heterocycles. The van der Waals surface area contributed by atoms with Crippen molar-refractivity contribution in [3.05, 3.63) is 0 Å². The summed E-state index contributed by atoms with van der Waals surface area (Å²) in [7, 11) is 0. The number of piperazine rings is 1. The molecule has 1 fully saturated rings. The summed E-state index contributed by atoms with van der Waals surface area (Å²) >= 11 is 0. The maximum absolute atomic E-state index is 12.2. The van der Waals surface area contributed by atoms with Crippen molar-refractivity contribution in [1.29, 1.82) is 5.26 Å². The number of carbonyl (C=O) groups excluding carboxylic acids is 1. The third kappa shape index (κ3) is 2.67. The number of nitriles is 1. The van der Waals surface area contributed by atoms with Gasteiger partial charge in [-0.1, -0.05) is 0 Å². The molecule has 0 saturated carbocycles. The number of amides is 1. The smallest absolute Gasteiger partial charge is 0.315 e. The van der Waals surface area contributed by atoms with Crippen molar-refractivity contribution < 1.29 is 13.6 Å². The van der Waals surface area contributed by atoms with Gasteiger partial charge in [0.2, 0.25) is 0 Å². The molecule has 0 N–H and O–H groups in total. The molecule has 1 rings (SSSR count). The number of alkyl halides is 2. The maximum Gasteiger partial charge on any atom is 0.315 e. The molecule has 4 nitrogen and oxygen atoms in total. The fourth-order valence-electron chi connectivity index (χ4n) is 1.69. The van der Waals surface area contributed by atoms with Gasteiger partial charge in [-0.15, -0.1) is 0 Å². The fraction of sp³-hybridized carbons (Fsp3) is 0.800. The molecular weight excluding hydrogens is 216 g/mol. The van der Waals surface area contributed by atoms with Crippen molar-refractivity contribution in [3.8, 4) is 6.07 Å². The lowest BCUT2D eigenvalue weighted by molar-refractivity contribution is -0.145. The average Bonchev–Trinajstić information content (AvgIpc) is 2.28. The minimum atomic E-state index is -2.93. The van der Waals surface area contributed by atoms with E-state index < -0.39 is 17.9 Å². The number of hydrogen-bond donors (Lipinski definition) is 0. The first-order valence-electron chi connectivity index (χ1n) is 5.11. The van der Waals surface area contributed by atoms with E-state index in [9.17, 15) is 13.6 Å². The highest BCUT2D eigenvalue weighted by Gasteiger charge is 2.33. The topological polar surface area (TPSA) is 47.3 Å². The number of hydrogen-bond acceptors (Lipinski definition) is 3. The van der Waals surface area contributed by atoms with Crippen LogP contribution in [-0.4, -0.2) is 53.9 Å². The number of carbonyl (C=O) groups is 1. The van der Waals surface area contributed by atoms with Crippen LogP contribution in [0.3, 0.4) is 0 Å². The Kier molecular flexibility index (Phi) is 3.81. The lowest BCUT2D eigenvalue weighted by Crippen LogP contribution is -2.56. The molecule has 0 aromatic carbocycles. The normalized spacial score (nSPS) is 18.6. The highest BCUT2D eigenvalue weighted by molar-refractivity contribution is 5.79. The molecule has 1 aliphatic rings. The molecule has 0 spiro atoms. The van der Waals surface area contributed by atoms with Gasteiger partial charge in [0.05, 0.1) is 6.07 Å². The Morgan fingerprint density at radius 1 is 1.31 bits per heavy atom. The molecule has 0 atom stereocenters. The molecule has 90 valence electrons. The second-order valence-electron chi connectivity index (χ2n) is 4.28. The van der Waals surface area contributed by atoms with Crippen molar-refractivity contribution in [2.45, 2.75) is 25.8 Å². The highest BCUT2D eigenvalue weighted by Crippen LogP contribution is 2.16. The van der Waals surface area contributed by atoms with Crippen LogP contribution < -0.4 is 0 Å². The Morgan fingerprint density at radius 3 is 2.19 bits per heavy atom. The Bertz CT molecular complexity index is 304. The number of rotatable bonds is 2. The molecule has 0 aromatic heterocycles. The van der Waals surface area contributed by atoms with Gasteiger partial charge >= 0.3 is 6.43 Å². The van der Waals surface area contributed by atoms with Crippen LogP contribution in [0, 0.1) is 11.3 Å². The minimum absolute atomic E-state index is 0.258. The molecule has 1 aliphatic heterocycles. The van der Waals surface area contributed by atoms with E-state index >= 15 is 0 Å². The molecule has 0 aromatic rings. The molecule has 1 heterocycles. The summed E-state index contributed by atoms with van der Waals surface area (Å²) < 4.78 is 24.3.